The Bertz CT molecular complexity index is 499. The minimum atomic E-state index is -0.973. The number of esters is 1. The van der Waals surface area contributed by atoms with Crippen LogP contribution in [0.4, 0.5) is 8.78 Å². The van der Waals surface area contributed by atoms with Gasteiger partial charge in [-0.2, -0.15) is 0 Å². The number of carbonyl (C=O) groups is 1. The van der Waals surface area contributed by atoms with Crippen LogP contribution < -0.4 is 10.1 Å². The van der Waals surface area contributed by atoms with Gasteiger partial charge in [-0.05, 0) is 32.7 Å². The van der Waals surface area contributed by atoms with Gasteiger partial charge in [-0.1, -0.05) is 0 Å². The summed E-state index contributed by atoms with van der Waals surface area (Å²) in [5.41, 5.74) is -0.973. The number of nitrogens with one attached hydrogen (secondary N) is 1. The maximum Gasteiger partial charge on any atom is 0.330 e. The molecule has 0 aromatic heterocycles. The molecule has 1 unspecified atom stereocenters. The van der Waals surface area contributed by atoms with Gasteiger partial charge in [0.2, 0.25) is 0 Å². The van der Waals surface area contributed by atoms with Crippen LogP contribution in [0.25, 0.3) is 0 Å². The Morgan fingerprint density at radius 3 is 2.43 bits per heavy atom. The zero-order valence-electron chi connectivity index (χ0n) is 12.1. The molecule has 0 saturated heterocycles. The molecular formula is C15H19F2NO3. The molecule has 2 rings (SSSR count). The third-order valence-electron chi connectivity index (χ3n) is 3.66. The Kier molecular flexibility index (Phi) is 4.77. The molecule has 1 aromatic rings. The van der Waals surface area contributed by atoms with Crippen LogP contribution in [-0.4, -0.2) is 31.8 Å². The number of rotatable bonds is 7. The Morgan fingerprint density at radius 2 is 1.95 bits per heavy atom. The summed E-state index contributed by atoms with van der Waals surface area (Å²) in [5, 5.41) is 2.97. The quantitative estimate of drug-likeness (QED) is 0.785. The molecule has 116 valence electrons. The lowest BCUT2D eigenvalue weighted by Crippen LogP contribution is -2.57. The molecule has 4 nitrogen and oxygen atoms in total. The second-order valence-corrected chi connectivity index (χ2v) is 5.11. The van der Waals surface area contributed by atoms with Crippen molar-refractivity contribution in [3.63, 3.8) is 0 Å². The van der Waals surface area contributed by atoms with Gasteiger partial charge < -0.3 is 14.8 Å². The van der Waals surface area contributed by atoms with Crippen molar-refractivity contribution in [1.82, 2.24) is 5.32 Å². The highest BCUT2D eigenvalue weighted by molar-refractivity contribution is 5.82. The van der Waals surface area contributed by atoms with Crippen molar-refractivity contribution in [1.29, 1.82) is 0 Å². The van der Waals surface area contributed by atoms with E-state index in [0.29, 0.717) is 0 Å². The minimum absolute atomic E-state index is 0.0319. The normalized spacial score (nSPS) is 17.1. The molecule has 1 saturated carbocycles. The van der Waals surface area contributed by atoms with Crippen LogP contribution >= 0.6 is 0 Å². The molecule has 1 atom stereocenters. The van der Waals surface area contributed by atoms with E-state index in [1.807, 2.05) is 0 Å². The van der Waals surface area contributed by atoms with Crippen molar-refractivity contribution in [2.24, 2.45) is 5.92 Å². The van der Waals surface area contributed by atoms with Crippen LogP contribution in [0.2, 0.25) is 0 Å². The first-order chi connectivity index (χ1) is 10.0. The third kappa shape index (κ3) is 3.50. The molecule has 1 aliphatic carbocycles. The van der Waals surface area contributed by atoms with Crippen LogP contribution in [0.1, 0.15) is 19.8 Å². The average molecular weight is 299 g/mol. The lowest BCUT2D eigenvalue weighted by molar-refractivity contribution is -0.153. The molecule has 0 bridgehead atoms. The number of benzene rings is 1. The summed E-state index contributed by atoms with van der Waals surface area (Å²) in [7, 11) is 1.66. The van der Waals surface area contributed by atoms with Gasteiger partial charge >= 0.3 is 5.97 Å². The van der Waals surface area contributed by atoms with Crippen molar-refractivity contribution < 1.29 is 23.0 Å². The smallest absolute Gasteiger partial charge is 0.330 e. The van der Waals surface area contributed by atoms with Crippen molar-refractivity contribution in [3.8, 4) is 5.75 Å². The highest BCUT2D eigenvalue weighted by atomic mass is 19.1. The van der Waals surface area contributed by atoms with E-state index in [2.05, 4.69) is 5.32 Å². The number of hydrogen-bond acceptors (Lipinski definition) is 4. The monoisotopic (exact) mass is 299 g/mol. The summed E-state index contributed by atoms with van der Waals surface area (Å²) >= 11 is 0. The maximum absolute atomic E-state index is 13.2. The van der Waals surface area contributed by atoms with E-state index in [-0.39, 0.29) is 24.9 Å². The standard InChI is InChI=1S/C15H19F2NO3/c1-3-20-14(19)15(18-2,10-4-5-10)9-21-13-7-11(16)6-12(17)8-13/h6-8,10,18H,3-5,9H2,1-2H3. The van der Waals surface area contributed by atoms with Gasteiger partial charge in [0, 0.05) is 18.2 Å². The molecule has 0 radical (unpaired) electrons. The molecular weight excluding hydrogens is 280 g/mol. The van der Waals surface area contributed by atoms with Crippen molar-refractivity contribution in [2.45, 2.75) is 25.3 Å². The molecule has 0 heterocycles. The second kappa shape index (κ2) is 6.39. The molecule has 0 aliphatic heterocycles. The van der Waals surface area contributed by atoms with Crippen LogP contribution in [0.15, 0.2) is 18.2 Å². The summed E-state index contributed by atoms with van der Waals surface area (Å²) in [4.78, 5) is 12.2. The molecule has 1 fully saturated rings. The molecule has 6 heteroatoms. The van der Waals surface area contributed by atoms with Crippen LogP contribution in [0.5, 0.6) is 5.75 Å². The lowest BCUT2D eigenvalue weighted by Gasteiger charge is -2.31. The van der Waals surface area contributed by atoms with E-state index in [1.54, 1.807) is 14.0 Å². The van der Waals surface area contributed by atoms with Crippen molar-refractivity contribution in [2.75, 3.05) is 20.3 Å². The fourth-order valence-corrected chi connectivity index (χ4v) is 2.37. The number of likely N-dealkylation sites (N-methyl/N-ethyl adjacent to an activating group) is 1. The Labute approximate surface area is 122 Å². The Morgan fingerprint density at radius 1 is 1.33 bits per heavy atom. The van der Waals surface area contributed by atoms with E-state index in [4.69, 9.17) is 9.47 Å². The first-order valence-corrected chi connectivity index (χ1v) is 6.97. The number of carbonyl (C=O) groups excluding carboxylic acids is 1. The zero-order chi connectivity index (χ0) is 15.5. The predicted molar refractivity (Wildman–Crippen MR) is 73.0 cm³/mol. The largest absolute Gasteiger partial charge is 0.491 e. The third-order valence-corrected chi connectivity index (χ3v) is 3.66. The molecule has 1 aromatic carbocycles. The molecule has 1 N–H and O–H groups in total. The summed E-state index contributed by atoms with van der Waals surface area (Å²) in [6, 6.07) is 2.94. The van der Waals surface area contributed by atoms with E-state index in [1.165, 1.54) is 0 Å². The molecule has 1 aliphatic rings. The van der Waals surface area contributed by atoms with Crippen LogP contribution in [0.3, 0.4) is 0 Å². The molecule has 21 heavy (non-hydrogen) atoms. The van der Waals surface area contributed by atoms with Gasteiger partial charge in [0.1, 0.15) is 24.0 Å². The fraction of sp³-hybridized carbons (Fsp3) is 0.533. The number of halogens is 2. The summed E-state index contributed by atoms with van der Waals surface area (Å²) in [6.07, 6.45) is 1.78. The van der Waals surface area contributed by atoms with Gasteiger partial charge in [0.15, 0.2) is 5.54 Å². The lowest BCUT2D eigenvalue weighted by atomic mass is 9.94. The van der Waals surface area contributed by atoms with E-state index in [0.717, 1.165) is 31.0 Å². The fourth-order valence-electron chi connectivity index (χ4n) is 2.37. The van der Waals surface area contributed by atoms with Crippen LogP contribution in [-0.2, 0) is 9.53 Å². The van der Waals surface area contributed by atoms with Gasteiger partial charge in [0.05, 0.1) is 6.61 Å². The molecule has 0 spiro atoms. The zero-order valence-corrected chi connectivity index (χ0v) is 12.1. The number of ether oxygens (including phenoxy) is 2. The number of hydrogen-bond donors (Lipinski definition) is 1. The van der Waals surface area contributed by atoms with Gasteiger partial charge in [0.25, 0.3) is 0 Å². The summed E-state index contributed by atoms with van der Waals surface area (Å²) in [5.74, 6) is -1.67. The second-order valence-electron chi connectivity index (χ2n) is 5.11. The van der Waals surface area contributed by atoms with Gasteiger partial charge in [-0.25, -0.2) is 13.6 Å². The topological polar surface area (TPSA) is 47.6 Å². The maximum atomic E-state index is 13.2. The van der Waals surface area contributed by atoms with Crippen molar-refractivity contribution >= 4 is 5.97 Å². The SMILES string of the molecule is CCOC(=O)C(COc1cc(F)cc(F)c1)(NC)C1CC1. The highest BCUT2D eigenvalue weighted by Crippen LogP contribution is 2.40. The minimum Gasteiger partial charge on any atom is -0.491 e. The van der Waals surface area contributed by atoms with E-state index >= 15 is 0 Å². The summed E-state index contributed by atoms with van der Waals surface area (Å²) in [6.45, 7) is 1.97. The van der Waals surface area contributed by atoms with Crippen molar-refractivity contribution in [3.05, 3.63) is 29.8 Å². The van der Waals surface area contributed by atoms with E-state index < -0.39 is 23.1 Å². The van der Waals surface area contributed by atoms with E-state index in [9.17, 15) is 13.6 Å². The van der Waals surface area contributed by atoms with Gasteiger partial charge in [-0.3, -0.25) is 0 Å². The Hall–Kier alpha value is -1.69. The summed E-state index contributed by atoms with van der Waals surface area (Å²) < 4.78 is 36.9. The first kappa shape index (κ1) is 15.7. The first-order valence-electron chi connectivity index (χ1n) is 6.97. The highest BCUT2D eigenvalue weighted by Gasteiger charge is 2.52. The molecule has 0 amide bonds. The van der Waals surface area contributed by atoms with Crippen LogP contribution in [0, 0.1) is 17.6 Å². The Balaban J connectivity index is 2.13. The predicted octanol–water partition coefficient (Wildman–Crippen LogP) is 2.27. The average Bonchev–Trinajstić information content (AvgIpc) is 3.24. The van der Waals surface area contributed by atoms with Gasteiger partial charge in [-0.15, -0.1) is 0 Å².